The van der Waals surface area contributed by atoms with Crippen LogP contribution in [0, 0.1) is 0 Å². The maximum atomic E-state index is 6.73. The van der Waals surface area contributed by atoms with Crippen molar-refractivity contribution < 1.29 is 0 Å². The summed E-state index contributed by atoms with van der Waals surface area (Å²) in [5.74, 6) is 0. The second-order valence-corrected chi connectivity index (χ2v) is 13.4. The van der Waals surface area contributed by atoms with Crippen LogP contribution in [-0.2, 0) is 0 Å². The summed E-state index contributed by atoms with van der Waals surface area (Å²) in [5, 5.41) is 9.06. The maximum absolute atomic E-state index is 6.73. The van der Waals surface area contributed by atoms with Crippen molar-refractivity contribution in [3.63, 3.8) is 0 Å². The lowest BCUT2D eigenvalue weighted by Crippen LogP contribution is -2.55. The minimum atomic E-state index is 0.205. The van der Waals surface area contributed by atoms with Crippen LogP contribution < -0.4 is 27.3 Å². The Hall–Kier alpha value is -4.92. The van der Waals surface area contributed by atoms with Gasteiger partial charge in [-0.2, -0.15) is 0 Å². The molecule has 1 aromatic heterocycles. The average Bonchev–Trinajstić information content (AvgIpc) is 3.51. The first-order valence-corrected chi connectivity index (χ1v) is 16.6. The summed E-state index contributed by atoms with van der Waals surface area (Å²) in [7, 11) is 32.5. The van der Waals surface area contributed by atoms with Gasteiger partial charge in [0, 0.05) is 20.2 Å². The predicted octanol–water partition coefficient (Wildman–Crippen LogP) is 6.48. The van der Waals surface area contributed by atoms with Gasteiger partial charge in [0.1, 0.15) is 39.2 Å². The van der Waals surface area contributed by atoms with Gasteiger partial charge in [-0.1, -0.05) is 120 Å². The quantitative estimate of drug-likeness (QED) is 0.158. The molecule has 8 aromatic carbocycles. The van der Waals surface area contributed by atoms with Crippen LogP contribution in [0.15, 0.2) is 127 Å². The van der Waals surface area contributed by atoms with E-state index in [0.29, 0.717) is 16.5 Å². The fourth-order valence-corrected chi connectivity index (χ4v) is 8.66. The van der Waals surface area contributed by atoms with Crippen LogP contribution in [-0.4, -0.2) is 39.2 Å². The van der Waals surface area contributed by atoms with Gasteiger partial charge in [-0.05, 0) is 83.9 Å². The lowest BCUT2D eigenvalue weighted by atomic mass is 9.59. The highest BCUT2D eigenvalue weighted by Crippen LogP contribution is 2.49. The molecular weight excluding hydrogens is 591 g/mol. The Morgan fingerprint density at radius 1 is 0.354 bits per heavy atom. The highest BCUT2D eigenvalue weighted by Gasteiger charge is 2.23. The molecule has 10 radical (unpaired) electrons. The molecule has 0 aliphatic rings. The number of fused-ring (bicyclic) bond motifs is 6. The average molecular weight is 612 g/mol. The first kappa shape index (κ1) is 29.2. The molecule has 0 aliphatic carbocycles. The lowest BCUT2D eigenvalue weighted by molar-refractivity contribution is 1.68. The van der Waals surface area contributed by atoms with Crippen LogP contribution in [0.1, 0.15) is 0 Å². The van der Waals surface area contributed by atoms with Crippen LogP contribution in [0.5, 0.6) is 0 Å². The molecule has 1 heterocycles. The summed E-state index contributed by atoms with van der Waals surface area (Å²) < 4.78 is 2.49. The Bertz CT molecular complexity index is 2700. The van der Waals surface area contributed by atoms with Crippen LogP contribution in [0.3, 0.4) is 0 Å². The van der Waals surface area contributed by atoms with Crippen LogP contribution in [0.25, 0.3) is 85.9 Å². The summed E-state index contributed by atoms with van der Waals surface area (Å²) in [6.45, 7) is 0. The van der Waals surface area contributed by atoms with Gasteiger partial charge in [0.15, 0.2) is 0 Å². The predicted molar refractivity (Wildman–Crippen MR) is 215 cm³/mol. The van der Waals surface area contributed by atoms with Gasteiger partial charge >= 0.3 is 0 Å². The molecule has 0 fully saturated rings. The van der Waals surface area contributed by atoms with Crippen LogP contribution in [0.4, 0.5) is 0 Å². The SMILES string of the molecule is [B]c1c([B])c([B])c(-c2c3ccccc3c(-c3cc(-c4cccc5ccccc45)cc4sc5ccccc5c34)c3ccccc23)c([B])c1[B]. The standard InChI is InChI=1S/C42H21B5S/c43-38-37(39(44)41(46)42(47)40(38)45)36-28-15-5-3-13-26(28)34(27-14-4-6-16-29(27)36)31-20-23(25-18-9-11-22-10-1-2-12-24(22)25)21-33-35(31)30-17-7-8-19-32(30)48-33/h1-21H. The van der Waals surface area contributed by atoms with E-state index in [0.717, 1.165) is 32.7 Å². The monoisotopic (exact) mass is 612 g/mol. The van der Waals surface area contributed by atoms with Gasteiger partial charge in [0.05, 0.1) is 0 Å². The molecule has 0 saturated heterocycles. The Labute approximate surface area is 289 Å². The molecular formula is C42H21B5S. The molecule has 0 N–H and O–H groups in total. The minimum Gasteiger partial charge on any atom is -0.135 e. The van der Waals surface area contributed by atoms with E-state index in [2.05, 4.69) is 115 Å². The van der Waals surface area contributed by atoms with E-state index in [1.807, 2.05) is 23.5 Å². The van der Waals surface area contributed by atoms with Crippen molar-refractivity contribution in [1.82, 2.24) is 0 Å². The molecule has 48 heavy (non-hydrogen) atoms. The van der Waals surface area contributed by atoms with Gasteiger partial charge in [-0.3, -0.25) is 0 Å². The fraction of sp³-hybridized carbons (Fsp3) is 0. The Morgan fingerprint density at radius 3 is 1.50 bits per heavy atom. The molecule has 0 atom stereocenters. The highest BCUT2D eigenvalue weighted by molar-refractivity contribution is 7.26. The molecule has 0 saturated carbocycles. The molecule has 6 heteroatoms. The molecule has 9 rings (SSSR count). The third-order valence-corrected chi connectivity index (χ3v) is 10.8. The zero-order valence-corrected chi connectivity index (χ0v) is 26.7. The van der Waals surface area contributed by atoms with Gasteiger partial charge < -0.3 is 0 Å². The van der Waals surface area contributed by atoms with E-state index in [1.165, 1.54) is 47.6 Å². The van der Waals surface area contributed by atoms with E-state index < -0.39 is 0 Å². The molecule has 0 unspecified atom stereocenters. The van der Waals surface area contributed by atoms with E-state index in [9.17, 15) is 0 Å². The molecule has 0 amide bonds. The van der Waals surface area contributed by atoms with Crippen LogP contribution >= 0.6 is 11.3 Å². The molecule has 0 bridgehead atoms. The van der Waals surface area contributed by atoms with Crippen LogP contribution in [0.2, 0.25) is 0 Å². The van der Waals surface area contributed by atoms with Crippen molar-refractivity contribution in [2.45, 2.75) is 0 Å². The second-order valence-electron chi connectivity index (χ2n) is 12.3. The zero-order chi connectivity index (χ0) is 32.7. The van der Waals surface area contributed by atoms with E-state index in [4.69, 9.17) is 39.2 Å². The number of hydrogen-bond donors (Lipinski definition) is 0. The third kappa shape index (κ3) is 4.22. The van der Waals surface area contributed by atoms with Gasteiger partial charge in [-0.25, -0.2) is 0 Å². The number of benzene rings is 8. The van der Waals surface area contributed by atoms with Gasteiger partial charge in [0.25, 0.3) is 0 Å². The highest BCUT2D eigenvalue weighted by atomic mass is 32.1. The van der Waals surface area contributed by atoms with E-state index in [1.54, 1.807) is 0 Å². The normalized spacial score (nSPS) is 11.8. The third-order valence-electron chi connectivity index (χ3n) is 9.73. The minimum absolute atomic E-state index is 0.205. The summed E-state index contributed by atoms with van der Waals surface area (Å²) in [5.41, 5.74) is 7.51. The first-order chi connectivity index (χ1) is 23.4. The summed E-state index contributed by atoms with van der Waals surface area (Å²) >= 11 is 1.83. The summed E-state index contributed by atoms with van der Waals surface area (Å²) in [4.78, 5) is 0. The van der Waals surface area contributed by atoms with Crippen molar-refractivity contribution in [3.8, 4) is 33.4 Å². The van der Waals surface area contributed by atoms with Gasteiger partial charge in [0.2, 0.25) is 0 Å². The van der Waals surface area contributed by atoms with Crippen molar-refractivity contribution in [1.29, 1.82) is 0 Å². The first-order valence-electron chi connectivity index (χ1n) is 15.8. The fourth-order valence-electron chi connectivity index (χ4n) is 7.49. The smallest absolute Gasteiger partial charge is 0.113 e. The van der Waals surface area contributed by atoms with E-state index >= 15 is 0 Å². The Morgan fingerprint density at radius 2 is 0.854 bits per heavy atom. The number of hydrogen-bond acceptors (Lipinski definition) is 1. The zero-order valence-electron chi connectivity index (χ0n) is 25.9. The molecule has 0 spiro atoms. The molecule has 0 aliphatic heterocycles. The van der Waals surface area contributed by atoms with Gasteiger partial charge in [-0.15, -0.1) is 27.7 Å². The van der Waals surface area contributed by atoms with Crippen molar-refractivity contribution in [2.75, 3.05) is 0 Å². The Kier molecular flexibility index (Phi) is 6.75. The Balaban J connectivity index is 1.48. The van der Waals surface area contributed by atoms with Crippen molar-refractivity contribution >= 4 is 130 Å². The summed E-state index contributed by atoms with van der Waals surface area (Å²) in [6.07, 6.45) is 0. The van der Waals surface area contributed by atoms with E-state index in [-0.39, 0.29) is 16.4 Å². The molecule has 210 valence electrons. The van der Waals surface area contributed by atoms with Crippen molar-refractivity contribution in [3.05, 3.63) is 127 Å². The molecule has 0 nitrogen and oxygen atoms in total. The topological polar surface area (TPSA) is 0 Å². The maximum Gasteiger partial charge on any atom is 0.113 e. The second kappa shape index (κ2) is 11.1. The largest absolute Gasteiger partial charge is 0.135 e. The summed E-state index contributed by atoms with van der Waals surface area (Å²) in [6, 6.07) is 45.4. The lowest BCUT2D eigenvalue weighted by Gasteiger charge is -2.25. The number of thiophene rings is 1. The van der Waals surface area contributed by atoms with Crippen molar-refractivity contribution in [2.24, 2.45) is 0 Å². The number of rotatable bonds is 3. The molecule has 9 aromatic rings.